The van der Waals surface area contributed by atoms with Crippen LogP contribution in [0.15, 0.2) is 16.6 Å². The van der Waals surface area contributed by atoms with Crippen LogP contribution in [0.2, 0.25) is 0 Å². The lowest BCUT2D eigenvalue weighted by atomic mass is 9.87. The van der Waals surface area contributed by atoms with E-state index in [-0.39, 0.29) is 5.91 Å². The molecule has 0 aromatic carbocycles. The molecule has 1 aromatic heterocycles. The summed E-state index contributed by atoms with van der Waals surface area (Å²) in [4.78, 5) is 25.2. The molecule has 1 aromatic rings. The number of guanidine groups is 1. The number of nitrogens with zero attached hydrogens (tertiary/aromatic N) is 4. The van der Waals surface area contributed by atoms with Gasteiger partial charge in [-0.2, -0.15) is 0 Å². The van der Waals surface area contributed by atoms with Gasteiger partial charge in [0.1, 0.15) is 0 Å². The van der Waals surface area contributed by atoms with Crippen molar-refractivity contribution in [2.45, 2.75) is 38.5 Å². The van der Waals surface area contributed by atoms with E-state index in [4.69, 9.17) is 5.73 Å². The molecular formula is C18H30N6OS. The summed E-state index contributed by atoms with van der Waals surface area (Å²) in [6, 6.07) is 0. The largest absolute Gasteiger partial charge is 0.370 e. The molecule has 2 fully saturated rings. The molecule has 3 N–H and O–H groups in total. The highest BCUT2D eigenvalue weighted by molar-refractivity contribution is 7.13. The smallest absolute Gasteiger partial charge is 0.220 e. The summed E-state index contributed by atoms with van der Waals surface area (Å²) >= 11 is 1.67. The van der Waals surface area contributed by atoms with Gasteiger partial charge in [-0.15, -0.1) is 11.3 Å². The van der Waals surface area contributed by atoms with Gasteiger partial charge in [0.2, 0.25) is 5.91 Å². The Bertz CT molecular complexity index is 577. The molecule has 0 radical (unpaired) electrons. The first kappa shape index (κ1) is 18.9. The number of nitrogens with two attached hydrogens (primary N) is 1. The van der Waals surface area contributed by atoms with E-state index in [1.54, 1.807) is 11.3 Å². The van der Waals surface area contributed by atoms with Crippen LogP contribution >= 0.6 is 11.3 Å². The molecule has 0 spiro atoms. The van der Waals surface area contributed by atoms with Crippen molar-refractivity contribution in [1.29, 1.82) is 0 Å². The zero-order chi connectivity index (χ0) is 18.2. The van der Waals surface area contributed by atoms with Crippen LogP contribution in [0.3, 0.4) is 0 Å². The average molecular weight is 379 g/mol. The van der Waals surface area contributed by atoms with Crippen LogP contribution in [-0.4, -0.2) is 61.0 Å². The maximum atomic E-state index is 12.0. The molecule has 0 bridgehead atoms. The van der Waals surface area contributed by atoms with Crippen molar-refractivity contribution in [2.75, 3.05) is 44.2 Å². The van der Waals surface area contributed by atoms with Crippen molar-refractivity contribution >= 4 is 28.3 Å². The van der Waals surface area contributed by atoms with Crippen molar-refractivity contribution < 1.29 is 4.79 Å². The molecule has 0 atom stereocenters. The molecule has 1 aliphatic carbocycles. The van der Waals surface area contributed by atoms with Crippen molar-refractivity contribution in [1.82, 2.24) is 15.2 Å². The Hall–Kier alpha value is -1.83. The summed E-state index contributed by atoms with van der Waals surface area (Å²) in [6.45, 7) is 4.61. The van der Waals surface area contributed by atoms with E-state index in [1.165, 1.54) is 32.1 Å². The van der Waals surface area contributed by atoms with Gasteiger partial charge in [-0.1, -0.05) is 19.3 Å². The highest BCUT2D eigenvalue weighted by atomic mass is 32.1. The summed E-state index contributed by atoms with van der Waals surface area (Å²) in [5.41, 5.74) is 6.11. The van der Waals surface area contributed by atoms with Gasteiger partial charge in [0.25, 0.3) is 0 Å². The molecule has 7 nitrogen and oxygen atoms in total. The Labute approximate surface area is 159 Å². The van der Waals surface area contributed by atoms with Crippen LogP contribution in [0.4, 0.5) is 5.13 Å². The van der Waals surface area contributed by atoms with Crippen molar-refractivity contribution in [3.05, 3.63) is 11.6 Å². The second kappa shape index (κ2) is 9.75. The summed E-state index contributed by atoms with van der Waals surface area (Å²) in [5, 5.41) is 6.05. The summed E-state index contributed by atoms with van der Waals surface area (Å²) < 4.78 is 0. The van der Waals surface area contributed by atoms with Crippen LogP contribution < -0.4 is 16.0 Å². The number of anilines is 1. The minimum Gasteiger partial charge on any atom is -0.370 e. The van der Waals surface area contributed by atoms with Crippen LogP contribution in [-0.2, 0) is 4.79 Å². The molecule has 8 heteroatoms. The maximum absolute atomic E-state index is 12.0. The van der Waals surface area contributed by atoms with E-state index in [9.17, 15) is 4.79 Å². The fourth-order valence-electron chi connectivity index (χ4n) is 3.69. The third kappa shape index (κ3) is 5.59. The molecule has 1 saturated carbocycles. The topological polar surface area (TPSA) is 86.8 Å². The summed E-state index contributed by atoms with van der Waals surface area (Å²) in [7, 11) is 0. The van der Waals surface area contributed by atoms with E-state index in [0.717, 1.165) is 31.3 Å². The predicted octanol–water partition coefficient (Wildman–Crippen LogP) is 1.67. The molecule has 1 amide bonds. The number of aliphatic imine (C=N–C) groups is 1. The molecule has 3 rings (SSSR count). The summed E-state index contributed by atoms with van der Waals surface area (Å²) in [6.07, 6.45) is 8.77. The lowest BCUT2D eigenvalue weighted by Crippen LogP contribution is -2.51. The molecule has 1 aliphatic heterocycles. The minimum absolute atomic E-state index is 0.155. The zero-order valence-corrected chi connectivity index (χ0v) is 16.2. The SMILES string of the molecule is NC(=NCCNC(=O)CC1CCCCC1)N1CCN(c2nccs2)CC1. The zero-order valence-electron chi connectivity index (χ0n) is 15.4. The van der Waals surface area contributed by atoms with Gasteiger partial charge >= 0.3 is 0 Å². The Morgan fingerprint density at radius 1 is 1.27 bits per heavy atom. The molecule has 2 aliphatic rings. The Kier molecular flexibility index (Phi) is 7.11. The number of thiazole rings is 1. The molecule has 26 heavy (non-hydrogen) atoms. The lowest BCUT2D eigenvalue weighted by molar-refractivity contribution is -0.122. The normalized spacial score (nSPS) is 19.6. The standard InChI is InChI=1S/C18H30N6OS/c19-17(23-9-11-24(12-10-23)18-22-8-13-26-18)21-7-6-20-16(25)14-15-4-2-1-3-5-15/h8,13,15H,1-7,9-12,14H2,(H2,19,21)(H,20,25). The third-order valence-corrected chi connectivity index (χ3v) is 6.03. The van der Waals surface area contributed by atoms with Gasteiger partial charge in [0, 0.05) is 50.7 Å². The Balaban J connectivity index is 1.32. The minimum atomic E-state index is 0.155. The van der Waals surface area contributed by atoms with Crippen LogP contribution in [0.1, 0.15) is 38.5 Å². The number of nitrogens with one attached hydrogen (secondary N) is 1. The summed E-state index contributed by atoms with van der Waals surface area (Å²) in [5.74, 6) is 1.31. The molecular weight excluding hydrogens is 348 g/mol. The van der Waals surface area contributed by atoms with E-state index >= 15 is 0 Å². The number of piperazine rings is 1. The Morgan fingerprint density at radius 3 is 2.73 bits per heavy atom. The number of amides is 1. The number of hydrogen-bond acceptors (Lipinski definition) is 5. The number of carbonyl (C=O) groups excluding carboxylic acids is 1. The first-order valence-corrected chi connectivity index (χ1v) is 10.6. The van der Waals surface area contributed by atoms with E-state index in [2.05, 4.69) is 25.1 Å². The monoisotopic (exact) mass is 378 g/mol. The van der Waals surface area contributed by atoms with E-state index in [0.29, 0.717) is 31.4 Å². The van der Waals surface area contributed by atoms with Crippen molar-refractivity contribution in [3.63, 3.8) is 0 Å². The quantitative estimate of drug-likeness (QED) is 0.447. The van der Waals surface area contributed by atoms with Crippen LogP contribution in [0, 0.1) is 5.92 Å². The van der Waals surface area contributed by atoms with Crippen LogP contribution in [0.5, 0.6) is 0 Å². The number of rotatable bonds is 6. The third-order valence-electron chi connectivity index (χ3n) is 5.20. The van der Waals surface area contributed by atoms with Gasteiger partial charge in [-0.25, -0.2) is 4.98 Å². The van der Waals surface area contributed by atoms with Gasteiger partial charge in [-0.05, 0) is 18.8 Å². The van der Waals surface area contributed by atoms with Gasteiger partial charge < -0.3 is 20.9 Å². The molecule has 0 unspecified atom stereocenters. The van der Waals surface area contributed by atoms with E-state index < -0.39 is 0 Å². The fraction of sp³-hybridized carbons (Fsp3) is 0.722. The van der Waals surface area contributed by atoms with Crippen molar-refractivity contribution in [2.24, 2.45) is 16.6 Å². The first-order valence-electron chi connectivity index (χ1n) is 9.68. The average Bonchev–Trinajstić information content (AvgIpc) is 3.21. The molecule has 1 saturated heterocycles. The van der Waals surface area contributed by atoms with Gasteiger partial charge in [0.05, 0.1) is 6.54 Å². The number of aromatic nitrogens is 1. The van der Waals surface area contributed by atoms with Crippen molar-refractivity contribution in [3.8, 4) is 0 Å². The second-order valence-electron chi connectivity index (χ2n) is 7.09. The van der Waals surface area contributed by atoms with Gasteiger partial charge in [-0.3, -0.25) is 9.79 Å². The maximum Gasteiger partial charge on any atom is 0.220 e. The number of carbonyl (C=O) groups is 1. The lowest BCUT2D eigenvalue weighted by Gasteiger charge is -2.35. The molecule has 144 valence electrons. The Morgan fingerprint density at radius 2 is 2.04 bits per heavy atom. The highest BCUT2D eigenvalue weighted by Gasteiger charge is 2.20. The highest BCUT2D eigenvalue weighted by Crippen LogP contribution is 2.26. The first-order chi connectivity index (χ1) is 12.7. The van der Waals surface area contributed by atoms with E-state index in [1.807, 2.05) is 11.6 Å². The second-order valence-corrected chi connectivity index (χ2v) is 7.96. The van der Waals surface area contributed by atoms with Gasteiger partial charge in [0.15, 0.2) is 11.1 Å². The van der Waals surface area contributed by atoms with Crippen LogP contribution in [0.25, 0.3) is 0 Å². The fourth-order valence-corrected chi connectivity index (χ4v) is 4.39. The number of hydrogen-bond donors (Lipinski definition) is 2. The molecule has 2 heterocycles. The predicted molar refractivity (Wildman–Crippen MR) is 107 cm³/mol.